The Bertz CT molecular complexity index is 1350. The number of methoxy groups -OCH3 is 1. The van der Waals surface area contributed by atoms with E-state index in [0.717, 1.165) is 15.8 Å². The topological polar surface area (TPSA) is 77.0 Å². The molecule has 154 valence electrons. The van der Waals surface area contributed by atoms with E-state index in [9.17, 15) is 22.8 Å². The summed E-state index contributed by atoms with van der Waals surface area (Å²) >= 11 is 1.22. The van der Waals surface area contributed by atoms with Gasteiger partial charge in [0.05, 0.1) is 23.2 Å². The van der Waals surface area contributed by atoms with Crippen LogP contribution in [0.2, 0.25) is 0 Å². The predicted molar refractivity (Wildman–Crippen MR) is 108 cm³/mol. The number of halogens is 3. The highest BCUT2D eigenvalue weighted by Gasteiger charge is 2.33. The van der Waals surface area contributed by atoms with E-state index in [4.69, 9.17) is 4.74 Å². The van der Waals surface area contributed by atoms with Crippen molar-refractivity contribution in [3.05, 3.63) is 74.6 Å². The SMILES string of the molecule is COc1ccc(C)cc1-c1nsc2ccc(-n3c(=O)cc(C(F)(F)F)[nH]c3=O)cc12. The monoisotopic (exact) mass is 433 g/mol. The predicted octanol–water partition coefficient (Wildman–Crippen LogP) is 4.14. The van der Waals surface area contributed by atoms with Gasteiger partial charge in [0, 0.05) is 17.0 Å². The van der Waals surface area contributed by atoms with Gasteiger partial charge in [-0.05, 0) is 48.8 Å². The minimum atomic E-state index is -4.83. The molecule has 2 aromatic carbocycles. The number of rotatable bonds is 3. The number of ether oxygens (including phenoxy) is 1. The lowest BCUT2D eigenvalue weighted by Crippen LogP contribution is -2.35. The van der Waals surface area contributed by atoms with Gasteiger partial charge < -0.3 is 9.72 Å². The zero-order chi connectivity index (χ0) is 21.6. The number of aromatic nitrogens is 3. The first-order chi connectivity index (χ1) is 14.2. The van der Waals surface area contributed by atoms with Crippen LogP contribution >= 0.6 is 11.5 Å². The number of alkyl halides is 3. The maximum atomic E-state index is 12.9. The minimum Gasteiger partial charge on any atom is -0.496 e. The number of aryl methyl sites for hydroxylation is 1. The van der Waals surface area contributed by atoms with Crippen molar-refractivity contribution in [3.8, 4) is 22.7 Å². The Balaban J connectivity index is 1.93. The molecule has 0 aliphatic rings. The molecule has 0 saturated carbocycles. The average Bonchev–Trinajstić information content (AvgIpc) is 3.10. The Morgan fingerprint density at radius 2 is 1.87 bits per heavy atom. The summed E-state index contributed by atoms with van der Waals surface area (Å²) in [7, 11) is 1.54. The number of hydrogen-bond acceptors (Lipinski definition) is 5. The molecule has 4 aromatic rings. The summed E-state index contributed by atoms with van der Waals surface area (Å²) in [6, 6.07) is 10.7. The van der Waals surface area contributed by atoms with E-state index >= 15 is 0 Å². The highest BCUT2D eigenvalue weighted by atomic mass is 32.1. The Kier molecular flexibility index (Phi) is 4.73. The van der Waals surface area contributed by atoms with Crippen LogP contribution in [0.25, 0.3) is 27.0 Å². The van der Waals surface area contributed by atoms with E-state index in [1.54, 1.807) is 17.1 Å². The fourth-order valence-corrected chi connectivity index (χ4v) is 3.93. The number of nitrogens with one attached hydrogen (secondary N) is 1. The highest BCUT2D eigenvalue weighted by molar-refractivity contribution is 7.13. The van der Waals surface area contributed by atoms with Gasteiger partial charge in [-0.1, -0.05) is 11.6 Å². The quantitative estimate of drug-likeness (QED) is 0.527. The molecule has 30 heavy (non-hydrogen) atoms. The number of aromatic amines is 1. The first kappa shape index (κ1) is 19.9. The minimum absolute atomic E-state index is 0.135. The van der Waals surface area contributed by atoms with E-state index in [1.807, 2.05) is 25.1 Å². The summed E-state index contributed by atoms with van der Waals surface area (Å²) in [5, 5.41) is 0.646. The van der Waals surface area contributed by atoms with Crippen LogP contribution in [0.5, 0.6) is 5.75 Å². The summed E-state index contributed by atoms with van der Waals surface area (Å²) in [6.45, 7) is 1.92. The number of nitrogens with zero attached hydrogens (tertiary/aromatic N) is 2. The fourth-order valence-electron chi connectivity index (χ4n) is 3.16. The van der Waals surface area contributed by atoms with Gasteiger partial charge in [0.1, 0.15) is 11.4 Å². The third kappa shape index (κ3) is 3.39. The average molecular weight is 433 g/mol. The molecule has 0 radical (unpaired) electrons. The number of H-pyrrole nitrogens is 1. The molecule has 0 unspecified atom stereocenters. The van der Waals surface area contributed by atoms with Crippen molar-refractivity contribution in [2.24, 2.45) is 0 Å². The number of fused-ring (bicyclic) bond motifs is 1. The lowest BCUT2D eigenvalue weighted by molar-refractivity contribution is -0.141. The Hall–Kier alpha value is -3.40. The van der Waals surface area contributed by atoms with Gasteiger partial charge >= 0.3 is 11.9 Å². The van der Waals surface area contributed by atoms with E-state index in [2.05, 4.69) is 4.37 Å². The van der Waals surface area contributed by atoms with Crippen LogP contribution < -0.4 is 16.0 Å². The van der Waals surface area contributed by atoms with Gasteiger partial charge in [0.15, 0.2) is 0 Å². The van der Waals surface area contributed by atoms with Gasteiger partial charge in [0.2, 0.25) is 0 Å². The van der Waals surface area contributed by atoms with Gasteiger partial charge in [0.25, 0.3) is 5.56 Å². The molecule has 0 aliphatic heterocycles. The molecule has 0 amide bonds. The molecule has 0 fully saturated rings. The molecule has 10 heteroatoms. The normalized spacial score (nSPS) is 11.8. The van der Waals surface area contributed by atoms with Gasteiger partial charge in [-0.3, -0.25) is 4.79 Å². The maximum Gasteiger partial charge on any atom is 0.431 e. The molecule has 2 heterocycles. The molecule has 0 saturated heterocycles. The molecular formula is C20H14F3N3O3S. The fraction of sp³-hybridized carbons (Fsp3) is 0.150. The Morgan fingerprint density at radius 1 is 1.10 bits per heavy atom. The van der Waals surface area contributed by atoms with Crippen molar-refractivity contribution < 1.29 is 17.9 Å². The molecule has 1 N–H and O–H groups in total. The second kappa shape index (κ2) is 7.13. The van der Waals surface area contributed by atoms with E-state index < -0.39 is 23.1 Å². The largest absolute Gasteiger partial charge is 0.496 e. The second-order valence-corrected chi connectivity index (χ2v) is 7.38. The van der Waals surface area contributed by atoms with Crippen LogP contribution in [0, 0.1) is 6.92 Å². The summed E-state index contributed by atoms with van der Waals surface area (Å²) < 4.78 is 49.9. The standard InChI is InChI=1S/C20H14F3N3O3S/c1-10-3-5-14(29-2)12(7-10)18-13-8-11(4-6-15(13)30-25-18)26-17(27)9-16(20(21,22)23)24-19(26)28/h3-9H,1-2H3,(H,24,28). The summed E-state index contributed by atoms with van der Waals surface area (Å²) in [4.78, 5) is 26.3. The lowest BCUT2D eigenvalue weighted by atomic mass is 10.0. The summed E-state index contributed by atoms with van der Waals surface area (Å²) in [6.07, 6.45) is -4.83. The lowest BCUT2D eigenvalue weighted by Gasteiger charge is -2.10. The zero-order valence-corrected chi connectivity index (χ0v) is 16.5. The molecular weight excluding hydrogens is 419 g/mol. The number of hydrogen-bond donors (Lipinski definition) is 1. The smallest absolute Gasteiger partial charge is 0.431 e. The molecule has 0 aliphatic carbocycles. The van der Waals surface area contributed by atoms with Crippen LogP contribution in [0.15, 0.2) is 52.1 Å². The molecule has 6 nitrogen and oxygen atoms in total. The summed E-state index contributed by atoms with van der Waals surface area (Å²) in [5.74, 6) is 0.600. The van der Waals surface area contributed by atoms with Gasteiger partial charge in [-0.2, -0.15) is 17.5 Å². The Labute approximate surface area is 171 Å². The molecule has 2 aromatic heterocycles. The van der Waals surface area contributed by atoms with Crippen molar-refractivity contribution in [3.63, 3.8) is 0 Å². The van der Waals surface area contributed by atoms with Crippen molar-refractivity contribution in [1.29, 1.82) is 0 Å². The first-order valence-corrected chi connectivity index (χ1v) is 9.45. The third-order valence-corrected chi connectivity index (χ3v) is 5.39. The molecule has 0 spiro atoms. The van der Waals surface area contributed by atoms with E-state index in [1.165, 1.54) is 24.7 Å². The maximum absolute atomic E-state index is 12.9. The van der Waals surface area contributed by atoms with Crippen LogP contribution in [-0.4, -0.2) is 21.0 Å². The van der Waals surface area contributed by atoms with Crippen LogP contribution in [-0.2, 0) is 6.18 Å². The van der Waals surface area contributed by atoms with Gasteiger partial charge in [-0.15, -0.1) is 0 Å². The number of benzene rings is 2. The van der Waals surface area contributed by atoms with Crippen LogP contribution in [0.1, 0.15) is 11.3 Å². The summed E-state index contributed by atoms with van der Waals surface area (Å²) in [5.41, 5.74) is -1.20. The Morgan fingerprint density at radius 3 is 2.53 bits per heavy atom. The molecule has 0 bridgehead atoms. The van der Waals surface area contributed by atoms with Crippen molar-refractivity contribution in [2.45, 2.75) is 13.1 Å². The molecule has 4 rings (SSSR count). The van der Waals surface area contributed by atoms with Crippen molar-refractivity contribution in [2.75, 3.05) is 7.11 Å². The van der Waals surface area contributed by atoms with Crippen LogP contribution in [0.4, 0.5) is 13.2 Å². The highest BCUT2D eigenvalue weighted by Crippen LogP contribution is 2.37. The van der Waals surface area contributed by atoms with Crippen LogP contribution in [0.3, 0.4) is 0 Å². The van der Waals surface area contributed by atoms with E-state index in [0.29, 0.717) is 27.5 Å². The molecule has 0 atom stereocenters. The van der Waals surface area contributed by atoms with Gasteiger partial charge in [-0.25, -0.2) is 9.36 Å². The van der Waals surface area contributed by atoms with E-state index in [-0.39, 0.29) is 5.69 Å². The van der Waals surface area contributed by atoms with Crippen molar-refractivity contribution in [1.82, 2.24) is 13.9 Å². The zero-order valence-electron chi connectivity index (χ0n) is 15.7. The second-order valence-electron chi connectivity index (χ2n) is 6.57. The first-order valence-electron chi connectivity index (χ1n) is 8.67. The van der Waals surface area contributed by atoms with Crippen molar-refractivity contribution >= 4 is 21.6 Å². The third-order valence-electron chi connectivity index (χ3n) is 4.56.